The highest BCUT2D eigenvalue weighted by Crippen LogP contribution is 2.35. The number of carbonyl (C=O) groups is 1. The first-order valence-corrected chi connectivity index (χ1v) is 10.2. The van der Waals surface area contributed by atoms with Crippen molar-refractivity contribution in [2.24, 2.45) is 0 Å². The van der Waals surface area contributed by atoms with Gasteiger partial charge in [-0.25, -0.2) is 13.4 Å². The first kappa shape index (κ1) is 23.7. The van der Waals surface area contributed by atoms with Crippen LogP contribution in [0.4, 0.5) is 13.2 Å². The van der Waals surface area contributed by atoms with Gasteiger partial charge in [0, 0.05) is 0 Å². The minimum Gasteiger partial charge on any atom is -0.490 e. The summed E-state index contributed by atoms with van der Waals surface area (Å²) >= 11 is 5.89. The normalized spacial score (nSPS) is 16.3. The number of pyridine rings is 1. The summed E-state index contributed by atoms with van der Waals surface area (Å²) in [5, 5.41) is 20.1. The van der Waals surface area contributed by atoms with Crippen LogP contribution in [-0.2, 0) is 10.0 Å². The summed E-state index contributed by atoms with van der Waals surface area (Å²) in [6.45, 7) is -0.472. The van der Waals surface area contributed by atoms with Crippen LogP contribution in [0, 0.1) is 22.7 Å². The molecule has 0 aromatic carbocycles. The molecule has 162 valence electrons. The number of rotatable bonds is 8. The van der Waals surface area contributed by atoms with Gasteiger partial charge in [0.05, 0.1) is 29.9 Å². The molecule has 30 heavy (non-hydrogen) atoms. The van der Waals surface area contributed by atoms with Crippen molar-refractivity contribution in [3.8, 4) is 17.9 Å². The molecule has 0 unspecified atom stereocenters. The average Bonchev–Trinajstić information content (AvgIpc) is 3.43. The van der Waals surface area contributed by atoms with E-state index in [0.29, 0.717) is 12.8 Å². The molecular formula is C16H15ClF3N5O4S. The van der Waals surface area contributed by atoms with E-state index >= 15 is 0 Å². The van der Waals surface area contributed by atoms with Crippen LogP contribution in [0.25, 0.3) is 0 Å². The molecule has 1 aromatic heterocycles. The van der Waals surface area contributed by atoms with E-state index in [1.807, 2.05) is 6.07 Å². The number of carbonyl (C=O) groups excluding carboxylic acids is 1. The van der Waals surface area contributed by atoms with Gasteiger partial charge in [0.1, 0.15) is 29.6 Å². The first-order valence-electron chi connectivity index (χ1n) is 8.34. The summed E-state index contributed by atoms with van der Waals surface area (Å²) in [6.07, 6.45) is 2.06. The Morgan fingerprint density at radius 3 is 2.60 bits per heavy atom. The minimum absolute atomic E-state index is 0.0340. The summed E-state index contributed by atoms with van der Waals surface area (Å²) in [7, 11) is -5.75. The Labute approximate surface area is 175 Å². The Kier molecular flexibility index (Phi) is 6.81. The van der Waals surface area contributed by atoms with Crippen molar-refractivity contribution in [3.63, 3.8) is 0 Å². The maximum absolute atomic E-state index is 12.8. The van der Waals surface area contributed by atoms with Gasteiger partial charge < -0.3 is 10.1 Å². The molecule has 2 rings (SSSR count). The van der Waals surface area contributed by atoms with Crippen LogP contribution >= 0.6 is 11.6 Å². The topological polar surface area (TPSA) is 136 Å². The average molecular weight is 466 g/mol. The number of nitrogens with zero attached hydrogens (tertiary/aromatic N) is 4. The summed E-state index contributed by atoms with van der Waals surface area (Å²) in [4.78, 5) is 16.1. The molecule has 1 fully saturated rings. The summed E-state index contributed by atoms with van der Waals surface area (Å²) in [5.74, 6) is -0.754. The van der Waals surface area contributed by atoms with Gasteiger partial charge in [0.15, 0.2) is 0 Å². The smallest absolute Gasteiger partial charge is 0.490 e. The second-order valence-electron chi connectivity index (χ2n) is 6.47. The standard InChI is InChI=1S/C16H15ClF3N5O4S/c1-10(25(5-4-21)30(27,28)16(18,19)20)8-29-11-6-12(13(17)23-7-11)14(26)24-15(9-22)2-3-15/h6-7,10H,2-3,5,8H2,1H3,(H,24,26)/t10-/m0/s1. The first-order chi connectivity index (χ1) is 13.9. The molecule has 1 heterocycles. The SMILES string of the molecule is C[C@@H](COc1cnc(Cl)c(C(=O)NC2(C#N)CC2)c1)N(CC#N)S(=O)(=O)C(F)(F)F. The van der Waals surface area contributed by atoms with Gasteiger partial charge >= 0.3 is 15.5 Å². The number of alkyl halides is 3. The Bertz CT molecular complexity index is 1020. The van der Waals surface area contributed by atoms with E-state index in [1.165, 1.54) is 6.07 Å². The maximum Gasteiger partial charge on any atom is 0.511 e. The number of nitrogens with one attached hydrogen (secondary N) is 1. The Morgan fingerprint density at radius 2 is 2.10 bits per heavy atom. The third kappa shape index (κ3) is 5.11. The molecule has 1 N–H and O–H groups in total. The quantitative estimate of drug-likeness (QED) is 0.457. The van der Waals surface area contributed by atoms with Crippen molar-refractivity contribution >= 4 is 27.5 Å². The van der Waals surface area contributed by atoms with Crippen LogP contribution in [0.15, 0.2) is 12.3 Å². The minimum atomic E-state index is -5.75. The van der Waals surface area contributed by atoms with Gasteiger partial charge in [-0.3, -0.25) is 4.79 Å². The number of hydrogen-bond donors (Lipinski definition) is 1. The summed E-state index contributed by atoms with van der Waals surface area (Å²) in [5.41, 5.74) is -6.67. The van der Waals surface area contributed by atoms with Crippen LogP contribution in [-0.4, -0.2) is 53.9 Å². The second-order valence-corrected chi connectivity index (χ2v) is 8.71. The summed E-state index contributed by atoms with van der Waals surface area (Å²) in [6, 6.07) is 3.14. The second kappa shape index (κ2) is 8.63. The number of amides is 1. The lowest BCUT2D eigenvalue weighted by Gasteiger charge is -2.26. The molecule has 0 aliphatic heterocycles. The van der Waals surface area contributed by atoms with Gasteiger partial charge in [0.25, 0.3) is 5.91 Å². The summed E-state index contributed by atoms with van der Waals surface area (Å²) < 4.78 is 67.0. The zero-order valence-electron chi connectivity index (χ0n) is 15.4. The van der Waals surface area contributed by atoms with E-state index in [9.17, 15) is 26.4 Å². The van der Waals surface area contributed by atoms with E-state index in [-0.39, 0.29) is 20.8 Å². The number of nitriles is 2. The van der Waals surface area contributed by atoms with Gasteiger partial charge in [0.2, 0.25) is 0 Å². The fraction of sp³-hybridized carbons (Fsp3) is 0.500. The van der Waals surface area contributed by atoms with E-state index in [0.717, 1.165) is 19.2 Å². The lowest BCUT2D eigenvalue weighted by molar-refractivity contribution is -0.0499. The van der Waals surface area contributed by atoms with Crippen molar-refractivity contribution in [1.82, 2.24) is 14.6 Å². The molecule has 1 saturated carbocycles. The van der Waals surface area contributed by atoms with Crippen molar-refractivity contribution in [2.45, 2.75) is 36.9 Å². The van der Waals surface area contributed by atoms with Gasteiger partial charge in [-0.2, -0.15) is 28.0 Å². The van der Waals surface area contributed by atoms with E-state index < -0.39 is 46.2 Å². The molecule has 0 spiro atoms. The van der Waals surface area contributed by atoms with Gasteiger partial charge in [-0.1, -0.05) is 11.6 Å². The maximum atomic E-state index is 12.8. The molecule has 0 bridgehead atoms. The van der Waals surface area contributed by atoms with Crippen LogP contribution < -0.4 is 10.1 Å². The zero-order chi connectivity index (χ0) is 22.7. The number of aromatic nitrogens is 1. The highest BCUT2D eigenvalue weighted by Gasteiger charge is 2.51. The van der Waals surface area contributed by atoms with Crippen molar-refractivity contribution in [3.05, 3.63) is 23.0 Å². The third-order valence-corrected chi connectivity index (χ3v) is 6.18. The molecule has 9 nitrogen and oxygen atoms in total. The number of hydrogen-bond acceptors (Lipinski definition) is 7. The van der Waals surface area contributed by atoms with Crippen LogP contribution in [0.2, 0.25) is 5.15 Å². The van der Waals surface area contributed by atoms with Crippen molar-refractivity contribution < 1.29 is 31.1 Å². The zero-order valence-corrected chi connectivity index (χ0v) is 17.0. The van der Waals surface area contributed by atoms with Crippen molar-refractivity contribution in [2.75, 3.05) is 13.2 Å². The molecule has 1 aliphatic rings. The fourth-order valence-electron chi connectivity index (χ4n) is 2.32. The monoisotopic (exact) mass is 465 g/mol. The van der Waals surface area contributed by atoms with Gasteiger partial charge in [-0.05, 0) is 25.8 Å². The molecule has 1 amide bonds. The van der Waals surface area contributed by atoms with Crippen LogP contribution in [0.3, 0.4) is 0 Å². The van der Waals surface area contributed by atoms with Crippen LogP contribution in [0.5, 0.6) is 5.75 Å². The Hall–Kier alpha value is -2.61. The van der Waals surface area contributed by atoms with E-state index in [4.69, 9.17) is 26.9 Å². The lowest BCUT2D eigenvalue weighted by Crippen LogP contribution is -2.47. The molecule has 14 heteroatoms. The Balaban J connectivity index is 2.14. The molecular weight excluding hydrogens is 451 g/mol. The highest BCUT2D eigenvalue weighted by atomic mass is 35.5. The molecule has 0 radical (unpaired) electrons. The van der Waals surface area contributed by atoms with Gasteiger partial charge in [-0.15, -0.1) is 0 Å². The number of sulfonamides is 1. The number of halogens is 4. The third-order valence-electron chi connectivity index (χ3n) is 4.19. The highest BCUT2D eigenvalue weighted by molar-refractivity contribution is 7.90. The predicted molar refractivity (Wildman–Crippen MR) is 96.5 cm³/mol. The van der Waals surface area contributed by atoms with E-state index in [1.54, 1.807) is 0 Å². The molecule has 1 aromatic rings. The molecule has 1 atom stereocenters. The van der Waals surface area contributed by atoms with Crippen molar-refractivity contribution in [1.29, 1.82) is 10.5 Å². The number of ether oxygens (including phenoxy) is 1. The Morgan fingerprint density at radius 1 is 1.47 bits per heavy atom. The molecule has 1 aliphatic carbocycles. The largest absolute Gasteiger partial charge is 0.511 e. The fourth-order valence-corrected chi connectivity index (χ4v) is 3.54. The van der Waals surface area contributed by atoms with E-state index in [2.05, 4.69) is 10.3 Å². The van der Waals surface area contributed by atoms with Crippen LogP contribution in [0.1, 0.15) is 30.1 Å². The lowest BCUT2D eigenvalue weighted by atomic mass is 10.2. The predicted octanol–water partition coefficient (Wildman–Crippen LogP) is 1.96. The molecule has 0 saturated heterocycles.